The van der Waals surface area contributed by atoms with Crippen molar-refractivity contribution in [1.82, 2.24) is 10.0 Å². The van der Waals surface area contributed by atoms with Crippen molar-refractivity contribution in [3.05, 3.63) is 35.9 Å². The zero-order chi connectivity index (χ0) is 16.0. The van der Waals surface area contributed by atoms with Crippen molar-refractivity contribution in [2.45, 2.75) is 38.6 Å². The molecule has 2 N–H and O–H groups in total. The molecule has 0 unspecified atom stereocenters. The normalized spacial score (nSPS) is 22.2. The first kappa shape index (κ1) is 17.0. The number of hydrogen-bond donors (Lipinski definition) is 2. The Morgan fingerprint density at radius 2 is 1.86 bits per heavy atom. The van der Waals surface area contributed by atoms with Gasteiger partial charge < -0.3 is 5.32 Å². The lowest BCUT2D eigenvalue weighted by molar-refractivity contribution is 0.0956. The van der Waals surface area contributed by atoms with Gasteiger partial charge in [0.1, 0.15) is 0 Å². The Kier molecular flexibility index (Phi) is 5.97. The summed E-state index contributed by atoms with van der Waals surface area (Å²) in [5, 5.41) is 2.65. The minimum Gasteiger partial charge on any atom is -0.351 e. The van der Waals surface area contributed by atoms with Crippen LogP contribution in [-0.2, 0) is 10.0 Å². The third-order valence-electron chi connectivity index (χ3n) is 4.13. The summed E-state index contributed by atoms with van der Waals surface area (Å²) in [6.07, 6.45) is 4.21. The van der Waals surface area contributed by atoms with Crippen molar-refractivity contribution < 1.29 is 13.2 Å². The Labute approximate surface area is 132 Å². The smallest absolute Gasteiger partial charge is 0.251 e. The molecule has 1 saturated carbocycles. The fourth-order valence-electron chi connectivity index (χ4n) is 2.77. The van der Waals surface area contributed by atoms with Gasteiger partial charge in [0.05, 0.1) is 5.75 Å². The van der Waals surface area contributed by atoms with Gasteiger partial charge in [-0.2, -0.15) is 0 Å². The van der Waals surface area contributed by atoms with Gasteiger partial charge in [0.2, 0.25) is 10.0 Å². The molecule has 0 heterocycles. The van der Waals surface area contributed by atoms with Crippen LogP contribution in [0.15, 0.2) is 30.3 Å². The molecule has 1 aromatic carbocycles. The SMILES string of the molecule is C[C@H]1CCCC[C@H]1NS(=O)(=O)CCNC(=O)c1ccccc1. The fraction of sp³-hybridized carbons (Fsp3) is 0.562. The summed E-state index contributed by atoms with van der Waals surface area (Å²) in [4.78, 5) is 11.8. The molecule has 6 heteroatoms. The quantitative estimate of drug-likeness (QED) is 0.839. The van der Waals surface area contributed by atoms with Gasteiger partial charge in [-0.05, 0) is 30.9 Å². The molecule has 0 aromatic heterocycles. The first-order chi connectivity index (χ1) is 10.5. The first-order valence-corrected chi connectivity index (χ1v) is 9.46. The minimum atomic E-state index is -3.36. The molecule has 0 bridgehead atoms. The second kappa shape index (κ2) is 7.74. The molecule has 0 aliphatic heterocycles. The standard InChI is InChI=1S/C16H24N2O3S/c1-13-7-5-6-10-15(13)18-22(20,21)12-11-17-16(19)14-8-3-2-4-9-14/h2-4,8-9,13,15,18H,5-7,10-12H2,1H3,(H,17,19)/t13-,15+/m0/s1. The summed E-state index contributed by atoms with van der Waals surface area (Å²) in [5.74, 6) is 0.0405. The lowest BCUT2D eigenvalue weighted by Crippen LogP contribution is -2.43. The van der Waals surface area contributed by atoms with Gasteiger partial charge in [0.25, 0.3) is 5.91 Å². The van der Waals surface area contributed by atoms with E-state index in [9.17, 15) is 13.2 Å². The maximum absolute atomic E-state index is 12.1. The zero-order valence-electron chi connectivity index (χ0n) is 12.9. The highest BCUT2D eigenvalue weighted by Gasteiger charge is 2.25. The highest BCUT2D eigenvalue weighted by molar-refractivity contribution is 7.89. The van der Waals surface area contributed by atoms with Gasteiger partial charge in [0, 0.05) is 18.2 Å². The Hall–Kier alpha value is -1.40. The Morgan fingerprint density at radius 1 is 1.18 bits per heavy atom. The van der Waals surface area contributed by atoms with E-state index < -0.39 is 10.0 Å². The van der Waals surface area contributed by atoms with Crippen LogP contribution in [-0.4, -0.2) is 32.7 Å². The highest BCUT2D eigenvalue weighted by Crippen LogP contribution is 2.24. The second-order valence-electron chi connectivity index (χ2n) is 5.93. The van der Waals surface area contributed by atoms with Crippen molar-refractivity contribution in [2.75, 3.05) is 12.3 Å². The lowest BCUT2D eigenvalue weighted by Gasteiger charge is -2.29. The molecule has 5 nitrogen and oxygen atoms in total. The zero-order valence-corrected chi connectivity index (χ0v) is 13.7. The molecule has 122 valence electrons. The van der Waals surface area contributed by atoms with Crippen molar-refractivity contribution in [3.63, 3.8) is 0 Å². The molecule has 1 aliphatic rings. The molecule has 1 aliphatic carbocycles. The van der Waals surface area contributed by atoms with Gasteiger partial charge in [0.15, 0.2) is 0 Å². The van der Waals surface area contributed by atoms with E-state index in [1.165, 1.54) is 6.42 Å². The molecular formula is C16H24N2O3S. The van der Waals surface area contributed by atoms with Gasteiger partial charge in [-0.3, -0.25) is 4.79 Å². The average Bonchev–Trinajstić information content (AvgIpc) is 2.50. The van der Waals surface area contributed by atoms with E-state index >= 15 is 0 Å². The fourth-order valence-corrected chi connectivity index (χ4v) is 4.07. The molecule has 0 radical (unpaired) electrons. The van der Waals surface area contributed by atoms with Crippen LogP contribution in [0, 0.1) is 5.92 Å². The van der Waals surface area contributed by atoms with Crippen molar-refractivity contribution in [1.29, 1.82) is 0 Å². The van der Waals surface area contributed by atoms with E-state index in [0.717, 1.165) is 19.3 Å². The van der Waals surface area contributed by atoms with E-state index in [1.807, 2.05) is 6.07 Å². The number of amides is 1. The molecule has 0 spiro atoms. The number of nitrogens with one attached hydrogen (secondary N) is 2. The third kappa shape index (κ3) is 5.10. The molecule has 1 aromatic rings. The lowest BCUT2D eigenvalue weighted by atomic mass is 9.87. The van der Waals surface area contributed by atoms with E-state index in [2.05, 4.69) is 17.0 Å². The third-order valence-corrected chi connectivity index (χ3v) is 5.54. The molecule has 0 saturated heterocycles. The molecular weight excluding hydrogens is 300 g/mol. The van der Waals surface area contributed by atoms with Crippen LogP contribution in [0.2, 0.25) is 0 Å². The second-order valence-corrected chi connectivity index (χ2v) is 7.80. The summed E-state index contributed by atoms with van der Waals surface area (Å²) in [5.41, 5.74) is 0.536. The number of sulfonamides is 1. The summed E-state index contributed by atoms with van der Waals surface area (Å²) in [6, 6.07) is 8.81. The Balaban J connectivity index is 1.79. The maximum atomic E-state index is 12.1. The van der Waals surface area contributed by atoms with Gasteiger partial charge in [-0.1, -0.05) is 38.0 Å². The van der Waals surface area contributed by atoms with Crippen molar-refractivity contribution in [2.24, 2.45) is 5.92 Å². The van der Waals surface area contributed by atoms with E-state index in [4.69, 9.17) is 0 Å². The van der Waals surface area contributed by atoms with Crippen LogP contribution in [0.1, 0.15) is 43.0 Å². The average molecular weight is 324 g/mol. The summed E-state index contributed by atoms with van der Waals surface area (Å²) in [6.45, 7) is 2.20. The largest absolute Gasteiger partial charge is 0.351 e. The number of carbonyl (C=O) groups excluding carboxylic acids is 1. The Morgan fingerprint density at radius 3 is 2.55 bits per heavy atom. The first-order valence-electron chi connectivity index (χ1n) is 7.81. The monoisotopic (exact) mass is 324 g/mol. The Bertz CT molecular complexity index is 587. The number of rotatable bonds is 6. The van der Waals surface area contributed by atoms with Crippen LogP contribution in [0.25, 0.3) is 0 Å². The van der Waals surface area contributed by atoms with Gasteiger partial charge in [-0.15, -0.1) is 0 Å². The highest BCUT2D eigenvalue weighted by atomic mass is 32.2. The topological polar surface area (TPSA) is 75.3 Å². The van der Waals surface area contributed by atoms with Crippen molar-refractivity contribution in [3.8, 4) is 0 Å². The predicted molar refractivity (Wildman–Crippen MR) is 87.1 cm³/mol. The molecule has 22 heavy (non-hydrogen) atoms. The number of benzene rings is 1. The van der Waals surface area contributed by atoms with E-state index in [1.54, 1.807) is 24.3 Å². The van der Waals surface area contributed by atoms with E-state index in [0.29, 0.717) is 11.5 Å². The van der Waals surface area contributed by atoms with Crippen LogP contribution in [0.3, 0.4) is 0 Å². The molecule has 2 atom stereocenters. The van der Waals surface area contributed by atoms with Gasteiger partial charge >= 0.3 is 0 Å². The molecule has 1 fully saturated rings. The summed E-state index contributed by atoms with van der Waals surface area (Å²) in [7, 11) is -3.36. The van der Waals surface area contributed by atoms with Crippen LogP contribution < -0.4 is 10.0 Å². The van der Waals surface area contributed by atoms with Crippen molar-refractivity contribution >= 4 is 15.9 Å². The van der Waals surface area contributed by atoms with Crippen LogP contribution in [0.5, 0.6) is 0 Å². The minimum absolute atomic E-state index is 0.0311. The predicted octanol–water partition coefficient (Wildman–Crippen LogP) is 1.91. The molecule has 2 rings (SSSR count). The maximum Gasteiger partial charge on any atom is 0.251 e. The van der Waals surface area contributed by atoms with Crippen LogP contribution >= 0.6 is 0 Å². The number of hydrogen-bond acceptors (Lipinski definition) is 3. The van der Waals surface area contributed by atoms with Crippen LogP contribution in [0.4, 0.5) is 0 Å². The number of carbonyl (C=O) groups is 1. The van der Waals surface area contributed by atoms with Gasteiger partial charge in [-0.25, -0.2) is 13.1 Å². The summed E-state index contributed by atoms with van der Waals surface area (Å²) >= 11 is 0. The summed E-state index contributed by atoms with van der Waals surface area (Å²) < 4.78 is 27.0. The van der Waals surface area contributed by atoms with E-state index in [-0.39, 0.29) is 24.2 Å². The molecule has 1 amide bonds.